The lowest BCUT2D eigenvalue weighted by atomic mass is 9.84. The van der Waals surface area contributed by atoms with E-state index in [4.69, 9.17) is 14.2 Å². The zero-order valence-electron chi connectivity index (χ0n) is 14.5. The largest absolute Gasteiger partial charge is 0.497 e. The first-order chi connectivity index (χ1) is 12.1. The Labute approximate surface area is 144 Å². The first-order valence-electron chi connectivity index (χ1n) is 8.22. The molecule has 7 nitrogen and oxygen atoms in total. The van der Waals surface area contributed by atoms with Crippen LogP contribution < -0.4 is 9.47 Å². The number of amides is 1. The number of benzene rings is 1. The molecule has 0 saturated carbocycles. The van der Waals surface area contributed by atoms with Crippen molar-refractivity contribution >= 4 is 22.8 Å². The van der Waals surface area contributed by atoms with Gasteiger partial charge in [0, 0.05) is 24.4 Å². The fourth-order valence-corrected chi connectivity index (χ4v) is 4.24. The van der Waals surface area contributed by atoms with Crippen LogP contribution in [0.15, 0.2) is 12.1 Å². The third-order valence-electron chi connectivity index (χ3n) is 5.39. The molecule has 1 aromatic carbocycles. The second-order valence-electron chi connectivity index (χ2n) is 6.38. The Morgan fingerprint density at radius 2 is 2.00 bits per heavy atom. The number of ether oxygens (including phenoxy) is 3. The number of fused-ring (bicyclic) bond motifs is 5. The standard InChI is InChI=1S/C18H20N2O5/c1-23-10-8-12-11-5-7-20-14(21)4-6-18(20,17(22)25-3)16(11)19-15(12)13(9-10)24-2/h8-9,19H,4-7H2,1-3H3. The Bertz CT molecular complexity index is 887. The highest BCUT2D eigenvalue weighted by molar-refractivity contribution is 5.98. The van der Waals surface area contributed by atoms with Gasteiger partial charge in [0.2, 0.25) is 5.91 Å². The van der Waals surface area contributed by atoms with Gasteiger partial charge >= 0.3 is 5.97 Å². The second kappa shape index (κ2) is 5.40. The molecule has 1 N–H and O–H groups in total. The Morgan fingerprint density at radius 3 is 2.68 bits per heavy atom. The maximum atomic E-state index is 12.7. The fraction of sp³-hybridized carbons (Fsp3) is 0.444. The van der Waals surface area contributed by atoms with Crippen LogP contribution in [0.25, 0.3) is 10.9 Å². The molecular formula is C18H20N2O5. The molecule has 2 aliphatic rings. The highest BCUT2D eigenvalue weighted by atomic mass is 16.5. The van der Waals surface area contributed by atoms with Gasteiger partial charge in [0.1, 0.15) is 11.5 Å². The van der Waals surface area contributed by atoms with Gasteiger partial charge < -0.3 is 24.1 Å². The fourth-order valence-electron chi connectivity index (χ4n) is 4.24. The number of H-pyrrole nitrogens is 1. The van der Waals surface area contributed by atoms with E-state index >= 15 is 0 Å². The van der Waals surface area contributed by atoms with Crippen molar-refractivity contribution in [3.63, 3.8) is 0 Å². The summed E-state index contributed by atoms with van der Waals surface area (Å²) in [7, 11) is 4.56. The third-order valence-corrected chi connectivity index (χ3v) is 5.39. The molecule has 25 heavy (non-hydrogen) atoms. The predicted octanol–water partition coefficient (Wildman–Crippen LogP) is 1.73. The summed E-state index contributed by atoms with van der Waals surface area (Å²) in [4.78, 5) is 30.1. The average molecular weight is 344 g/mol. The number of hydrogen-bond acceptors (Lipinski definition) is 5. The van der Waals surface area contributed by atoms with Crippen molar-refractivity contribution in [2.24, 2.45) is 0 Å². The van der Waals surface area contributed by atoms with Crippen LogP contribution in [-0.2, 0) is 26.3 Å². The summed E-state index contributed by atoms with van der Waals surface area (Å²) < 4.78 is 16.0. The summed E-state index contributed by atoms with van der Waals surface area (Å²) in [6.07, 6.45) is 1.41. The molecule has 1 aromatic heterocycles. The van der Waals surface area contributed by atoms with Gasteiger partial charge in [-0.3, -0.25) is 4.79 Å². The molecule has 2 aliphatic heterocycles. The van der Waals surface area contributed by atoms with E-state index in [0.29, 0.717) is 37.3 Å². The van der Waals surface area contributed by atoms with Crippen molar-refractivity contribution in [3.05, 3.63) is 23.4 Å². The SMILES string of the molecule is COC(=O)C12CCC(=O)N1CCc1c2[nH]c2c(OC)cc(OC)cc12. The van der Waals surface area contributed by atoms with Crippen LogP contribution in [0.3, 0.4) is 0 Å². The van der Waals surface area contributed by atoms with Gasteiger partial charge in [-0.2, -0.15) is 0 Å². The first-order valence-corrected chi connectivity index (χ1v) is 8.22. The molecular weight excluding hydrogens is 324 g/mol. The van der Waals surface area contributed by atoms with Crippen LogP contribution in [0.5, 0.6) is 11.5 Å². The maximum Gasteiger partial charge on any atom is 0.338 e. The van der Waals surface area contributed by atoms with Crippen LogP contribution in [0.1, 0.15) is 24.1 Å². The number of rotatable bonds is 3. The van der Waals surface area contributed by atoms with Gasteiger partial charge in [-0.1, -0.05) is 0 Å². The normalized spacial score (nSPS) is 21.9. The van der Waals surface area contributed by atoms with Gasteiger partial charge in [-0.15, -0.1) is 0 Å². The topological polar surface area (TPSA) is 80.9 Å². The summed E-state index contributed by atoms with van der Waals surface area (Å²) in [6, 6.07) is 3.73. The Kier molecular flexibility index (Phi) is 3.42. The summed E-state index contributed by atoms with van der Waals surface area (Å²) in [5, 5.41) is 0.952. The van der Waals surface area contributed by atoms with Crippen molar-refractivity contribution in [2.75, 3.05) is 27.9 Å². The Balaban J connectivity index is 2.03. The average Bonchev–Trinajstić information content (AvgIpc) is 3.19. The minimum Gasteiger partial charge on any atom is -0.497 e. The molecule has 132 valence electrons. The monoisotopic (exact) mass is 344 g/mol. The summed E-state index contributed by atoms with van der Waals surface area (Å²) in [6.45, 7) is 0.493. The lowest BCUT2D eigenvalue weighted by Crippen LogP contribution is -2.53. The number of carbonyl (C=O) groups excluding carboxylic acids is 2. The van der Waals surface area contributed by atoms with Crippen molar-refractivity contribution < 1.29 is 23.8 Å². The number of carbonyl (C=O) groups is 2. The number of nitrogens with zero attached hydrogens (tertiary/aromatic N) is 1. The van der Waals surface area contributed by atoms with E-state index in [1.54, 1.807) is 25.2 Å². The molecule has 0 bridgehead atoms. The summed E-state index contributed by atoms with van der Waals surface area (Å²) >= 11 is 0. The van der Waals surface area contributed by atoms with E-state index in [-0.39, 0.29) is 5.91 Å². The number of aromatic nitrogens is 1. The second-order valence-corrected chi connectivity index (χ2v) is 6.38. The van der Waals surface area contributed by atoms with Crippen molar-refractivity contribution in [1.29, 1.82) is 0 Å². The molecule has 1 saturated heterocycles. The van der Waals surface area contributed by atoms with E-state index in [0.717, 1.165) is 22.2 Å². The van der Waals surface area contributed by atoms with Crippen molar-refractivity contribution in [2.45, 2.75) is 24.8 Å². The zero-order valence-corrected chi connectivity index (χ0v) is 14.5. The summed E-state index contributed by atoms with van der Waals surface area (Å²) in [5.41, 5.74) is 1.48. The van der Waals surface area contributed by atoms with Crippen LogP contribution in [0, 0.1) is 0 Å². The molecule has 0 radical (unpaired) electrons. The number of esters is 1. The smallest absolute Gasteiger partial charge is 0.338 e. The third kappa shape index (κ3) is 1.92. The minimum absolute atomic E-state index is 0.0146. The first kappa shape index (κ1) is 15.8. The molecule has 2 aromatic rings. The van der Waals surface area contributed by atoms with Crippen LogP contribution in [0.2, 0.25) is 0 Å². The van der Waals surface area contributed by atoms with Gasteiger partial charge in [0.05, 0.1) is 32.5 Å². The van der Waals surface area contributed by atoms with E-state index < -0.39 is 11.5 Å². The van der Waals surface area contributed by atoms with E-state index in [1.807, 2.05) is 6.07 Å². The van der Waals surface area contributed by atoms with Gasteiger partial charge in [-0.25, -0.2) is 4.79 Å². The van der Waals surface area contributed by atoms with E-state index in [2.05, 4.69) is 4.98 Å². The van der Waals surface area contributed by atoms with E-state index in [1.165, 1.54) is 7.11 Å². The molecule has 0 aliphatic carbocycles. The Morgan fingerprint density at radius 1 is 1.20 bits per heavy atom. The zero-order chi connectivity index (χ0) is 17.8. The molecule has 7 heteroatoms. The van der Waals surface area contributed by atoms with Gasteiger partial charge in [0.25, 0.3) is 0 Å². The molecule has 0 spiro atoms. The molecule has 1 atom stereocenters. The predicted molar refractivity (Wildman–Crippen MR) is 89.7 cm³/mol. The molecule has 1 fully saturated rings. The van der Waals surface area contributed by atoms with Gasteiger partial charge in [0.15, 0.2) is 5.54 Å². The van der Waals surface area contributed by atoms with Crippen LogP contribution >= 0.6 is 0 Å². The number of hydrogen-bond donors (Lipinski definition) is 1. The number of aromatic amines is 1. The molecule has 4 rings (SSSR count). The van der Waals surface area contributed by atoms with Gasteiger partial charge in [-0.05, 0) is 24.5 Å². The van der Waals surface area contributed by atoms with E-state index in [9.17, 15) is 9.59 Å². The van der Waals surface area contributed by atoms with Crippen LogP contribution in [0.4, 0.5) is 0 Å². The molecule has 1 amide bonds. The Hall–Kier alpha value is -2.70. The quantitative estimate of drug-likeness (QED) is 0.858. The maximum absolute atomic E-state index is 12.7. The highest BCUT2D eigenvalue weighted by Gasteiger charge is 2.57. The molecule has 3 heterocycles. The minimum atomic E-state index is -1.07. The highest BCUT2D eigenvalue weighted by Crippen LogP contribution is 2.48. The molecule has 1 unspecified atom stereocenters. The van der Waals surface area contributed by atoms with Crippen molar-refractivity contribution in [3.8, 4) is 11.5 Å². The lowest BCUT2D eigenvalue weighted by Gasteiger charge is -2.39. The summed E-state index contributed by atoms with van der Waals surface area (Å²) in [5.74, 6) is 0.902. The van der Waals surface area contributed by atoms with Crippen molar-refractivity contribution in [1.82, 2.24) is 9.88 Å². The number of methoxy groups -OCH3 is 3. The lowest BCUT2D eigenvalue weighted by molar-refractivity contribution is -0.159. The number of nitrogens with one attached hydrogen (secondary N) is 1. The van der Waals surface area contributed by atoms with Crippen LogP contribution in [-0.4, -0.2) is 49.6 Å².